The van der Waals surface area contributed by atoms with Gasteiger partial charge in [-0.05, 0) is 25.5 Å². The van der Waals surface area contributed by atoms with E-state index in [-0.39, 0.29) is 11.4 Å². The summed E-state index contributed by atoms with van der Waals surface area (Å²) in [6.45, 7) is 3.98. The average Bonchev–Trinajstić information content (AvgIpc) is 3.04. The van der Waals surface area contributed by atoms with Crippen molar-refractivity contribution in [1.82, 2.24) is 4.90 Å². The molecule has 0 aliphatic carbocycles. The highest BCUT2D eigenvalue weighted by Crippen LogP contribution is 2.37. The molecular weight excluding hydrogens is 270 g/mol. The number of hydrogen-bond acceptors (Lipinski definition) is 4. The topological polar surface area (TPSA) is 70.8 Å². The van der Waals surface area contributed by atoms with Gasteiger partial charge in [0.05, 0.1) is 11.8 Å². The number of rotatable bonds is 7. The lowest BCUT2D eigenvalue weighted by atomic mass is 10.0. The Bertz CT molecular complexity index is 545. The number of aliphatic hydroxyl groups is 1. The number of furan rings is 1. The quantitative estimate of drug-likeness (QED) is 0.783. The van der Waals surface area contributed by atoms with E-state index < -0.39 is 17.7 Å². The summed E-state index contributed by atoms with van der Waals surface area (Å²) in [5, 5.41) is 10.00. The lowest BCUT2D eigenvalue weighted by molar-refractivity contribution is -0.129. The Morgan fingerprint density at radius 1 is 1.38 bits per heavy atom. The summed E-state index contributed by atoms with van der Waals surface area (Å²) in [4.78, 5) is 25.5. The van der Waals surface area contributed by atoms with E-state index in [1.807, 2.05) is 0 Å². The molecule has 0 saturated heterocycles. The molecule has 114 valence electrons. The second-order valence-corrected chi connectivity index (χ2v) is 5.30. The Labute approximate surface area is 124 Å². The molecule has 0 bridgehead atoms. The largest absolute Gasteiger partial charge is 0.503 e. The van der Waals surface area contributed by atoms with Gasteiger partial charge in [-0.15, -0.1) is 0 Å². The van der Waals surface area contributed by atoms with Crippen LogP contribution < -0.4 is 0 Å². The summed E-state index contributed by atoms with van der Waals surface area (Å²) in [6, 6.07) is 2.83. The fraction of sp³-hybridized carbons (Fsp3) is 0.500. The molecule has 0 aromatic carbocycles. The zero-order valence-electron chi connectivity index (χ0n) is 12.5. The average molecular weight is 291 g/mol. The molecule has 21 heavy (non-hydrogen) atoms. The number of ketones is 1. The number of aliphatic hydroxyl groups excluding tert-OH is 1. The monoisotopic (exact) mass is 291 g/mol. The van der Waals surface area contributed by atoms with Crippen LogP contribution in [-0.4, -0.2) is 28.2 Å². The molecular formula is C16H21NO4. The summed E-state index contributed by atoms with van der Waals surface area (Å²) in [5.74, 6) is -0.733. The number of amides is 1. The molecule has 2 rings (SSSR count). The van der Waals surface area contributed by atoms with Crippen LogP contribution in [0.4, 0.5) is 0 Å². The number of carbonyl (C=O) groups excluding carboxylic acids is 2. The van der Waals surface area contributed by atoms with E-state index in [4.69, 9.17) is 4.42 Å². The van der Waals surface area contributed by atoms with Gasteiger partial charge < -0.3 is 14.4 Å². The third-order valence-corrected chi connectivity index (χ3v) is 3.75. The fourth-order valence-corrected chi connectivity index (χ4v) is 2.70. The zero-order valence-corrected chi connectivity index (χ0v) is 12.5. The van der Waals surface area contributed by atoms with E-state index in [1.165, 1.54) is 18.1 Å². The molecule has 1 aliphatic heterocycles. The van der Waals surface area contributed by atoms with Crippen molar-refractivity contribution in [2.24, 2.45) is 0 Å². The Balaban J connectivity index is 2.23. The van der Waals surface area contributed by atoms with Crippen LogP contribution in [0, 0.1) is 0 Å². The first kappa shape index (κ1) is 15.4. The fourth-order valence-electron chi connectivity index (χ4n) is 2.70. The Morgan fingerprint density at radius 3 is 2.71 bits per heavy atom. The van der Waals surface area contributed by atoms with Crippen LogP contribution in [0.2, 0.25) is 0 Å². The van der Waals surface area contributed by atoms with Gasteiger partial charge in [0, 0.05) is 6.54 Å². The van der Waals surface area contributed by atoms with Crippen molar-refractivity contribution in [2.45, 2.75) is 45.6 Å². The van der Waals surface area contributed by atoms with Gasteiger partial charge in [-0.3, -0.25) is 9.59 Å². The molecule has 1 amide bonds. The van der Waals surface area contributed by atoms with E-state index >= 15 is 0 Å². The van der Waals surface area contributed by atoms with Crippen LogP contribution in [0.1, 0.15) is 51.3 Å². The van der Waals surface area contributed by atoms with Crippen molar-refractivity contribution in [2.75, 3.05) is 6.54 Å². The zero-order chi connectivity index (χ0) is 15.4. The van der Waals surface area contributed by atoms with Gasteiger partial charge in [0.1, 0.15) is 11.8 Å². The van der Waals surface area contributed by atoms with Gasteiger partial charge in [0.25, 0.3) is 5.91 Å². The Morgan fingerprint density at radius 2 is 2.14 bits per heavy atom. The number of carbonyl (C=O) groups is 2. The van der Waals surface area contributed by atoms with Gasteiger partial charge in [-0.1, -0.05) is 26.2 Å². The van der Waals surface area contributed by atoms with E-state index in [9.17, 15) is 14.7 Å². The van der Waals surface area contributed by atoms with Crippen molar-refractivity contribution in [3.05, 3.63) is 35.5 Å². The predicted molar refractivity (Wildman–Crippen MR) is 77.6 cm³/mol. The highest BCUT2D eigenvalue weighted by Gasteiger charge is 2.43. The molecule has 0 radical (unpaired) electrons. The Kier molecular flexibility index (Phi) is 4.83. The third kappa shape index (κ3) is 3.01. The molecule has 1 aromatic heterocycles. The number of nitrogens with zero attached hydrogens (tertiary/aromatic N) is 1. The minimum absolute atomic E-state index is 0.130. The maximum atomic E-state index is 12.2. The van der Waals surface area contributed by atoms with E-state index in [1.54, 1.807) is 12.1 Å². The van der Waals surface area contributed by atoms with Gasteiger partial charge in [0.2, 0.25) is 0 Å². The van der Waals surface area contributed by atoms with Gasteiger partial charge in [-0.25, -0.2) is 0 Å². The van der Waals surface area contributed by atoms with Gasteiger partial charge >= 0.3 is 0 Å². The number of hydrogen-bond donors (Lipinski definition) is 1. The highest BCUT2D eigenvalue weighted by molar-refractivity contribution is 6.07. The second kappa shape index (κ2) is 6.61. The first-order valence-corrected chi connectivity index (χ1v) is 7.36. The molecule has 2 heterocycles. The molecule has 0 fully saturated rings. The molecule has 1 unspecified atom stereocenters. The molecule has 0 spiro atoms. The molecule has 5 nitrogen and oxygen atoms in total. The maximum Gasteiger partial charge on any atom is 0.290 e. The summed E-state index contributed by atoms with van der Waals surface area (Å²) >= 11 is 0. The standard InChI is InChI=1S/C16H21NO4/c1-3-4-5-6-9-17-14(12-8-7-10-21-12)13(11(2)18)15(19)16(17)20/h7-8,10,14,19H,3-6,9H2,1-2H3. The lowest BCUT2D eigenvalue weighted by Gasteiger charge is -2.24. The van der Waals surface area contributed by atoms with Crippen molar-refractivity contribution in [1.29, 1.82) is 0 Å². The summed E-state index contributed by atoms with van der Waals surface area (Å²) < 4.78 is 5.36. The predicted octanol–water partition coefficient (Wildman–Crippen LogP) is 3.14. The van der Waals surface area contributed by atoms with E-state index in [0.717, 1.165) is 25.7 Å². The van der Waals surface area contributed by atoms with Crippen molar-refractivity contribution < 1.29 is 19.1 Å². The number of Topliss-reactive ketones (excluding diaryl/α,β-unsaturated/α-hetero) is 1. The molecule has 1 aromatic rings. The van der Waals surface area contributed by atoms with Crippen LogP contribution in [0.5, 0.6) is 0 Å². The summed E-state index contributed by atoms with van der Waals surface area (Å²) in [5.41, 5.74) is 0.130. The number of unbranched alkanes of at least 4 members (excludes halogenated alkanes) is 3. The Hall–Kier alpha value is -2.04. The van der Waals surface area contributed by atoms with Crippen molar-refractivity contribution in [3.8, 4) is 0 Å². The minimum Gasteiger partial charge on any atom is -0.503 e. The van der Waals surface area contributed by atoms with E-state index in [2.05, 4.69) is 6.92 Å². The normalized spacial score (nSPS) is 18.7. The molecule has 5 heteroatoms. The smallest absolute Gasteiger partial charge is 0.290 e. The van der Waals surface area contributed by atoms with Crippen LogP contribution in [0.15, 0.2) is 34.1 Å². The molecule has 1 N–H and O–H groups in total. The summed E-state index contributed by atoms with van der Waals surface area (Å²) in [7, 11) is 0. The lowest BCUT2D eigenvalue weighted by Crippen LogP contribution is -2.31. The SMILES string of the molecule is CCCCCCN1C(=O)C(O)=C(C(C)=O)C1c1ccco1. The molecule has 1 atom stereocenters. The van der Waals surface area contributed by atoms with E-state index in [0.29, 0.717) is 12.3 Å². The highest BCUT2D eigenvalue weighted by atomic mass is 16.3. The second-order valence-electron chi connectivity index (χ2n) is 5.30. The van der Waals surface area contributed by atoms with Crippen LogP contribution in [-0.2, 0) is 9.59 Å². The maximum absolute atomic E-state index is 12.2. The van der Waals surface area contributed by atoms with Crippen molar-refractivity contribution >= 4 is 11.7 Å². The van der Waals surface area contributed by atoms with Crippen LogP contribution in [0.25, 0.3) is 0 Å². The van der Waals surface area contributed by atoms with Crippen LogP contribution >= 0.6 is 0 Å². The van der Waals surface area contributed by atoms with Crippen LogP contribution in [0.3, 0.4) is 0 Å². The van der Waals surface area contributed by atoms with Crippen molar-refractivity contribution in [3.63, 3.8) is 0 Å². The molecule has 0 saturated carbocycles. The van der Waals surface area contributed by atoms with Gasteiger partial charge in [0.15, 0.2) is 11.5 Å². The summed E-state index contributed by atoms with van der Waals surface area (Å²) in [6.07, 6.45) is 5.57. The van der Waals surface area contributed by atoms with Gasteiger partial charge in [-0.2, -0.15) is 0 Å². The third-order valence-electron chi connectivity index (χ3n) is 3.75. The first-order chi connectivity index (χ1) is 10.1. The minimum atomic E-state index is -0.605. The first-order valence-electron chi connectivity index (χ1n) is 7.36. The molecule has 1 aliphatic rings.